The number of rotatable bonds is 2. The van der Waals surface area contributed by atoms with E-state index in [1.54, 1.807) is 13.0 Å². The summed E-state index contributed by atoms with van der Waals surface area (Å²) in [7, 11) is 0. The standard InChI is InChI=1S/C10H12O/c1-5-9(3)10(4)6-8(2)7-11/h1,6-7H,2-4H3/b8-6+,10-9-. The van der Waals surface area contributed by atoms with Crippen molar-refractivity contribution in [3.8, 4) is 12.3 Å². The summed E-state index contributed by atoms with van der Waals surface area (Å²) in [6.45, 7) is 5.49. The lowest BCUT2D eigenvalue weighted by Gasteiger charge is -1.94. The minimum Gasteiger partial charge on any atom is -0.298 e. The van der Waals surface area contributed by atoms with Crippen LogP contribution >= 0.6 is 0 Å². The van der Waals surface area contributed by atoms with E-state index in [9.17, 15) is 4.79 Å². The monoisotopic (exact) mass is 148 g/mol. The van der Waals surface area contributed by atoms with Gasteiger partial charge in [0.2, 0.25) is 0 Å². The summed E-state index contributed by atoms with van der Waals surface area (Å²) in [5, 5.41) is 0. The van der Waals surface area contributed by atoms with Gasteiger partial charge >= 0.3 is 0 Å². The van der Waals surface area contributed by atoms with Crippen LogP contribution in [0, 0.1) is 12.3 Å². The fourth-order valence-electron chi connectivity index (χ4n) is 0.598. The highest BCUT2D eigenvalue weighted by Crippen LogP contribution is 2.05. The van der Waals surface area contributed by atoms with Crippen LogP contribution in [0.15, 0.2) is 22.8 Å². The summed E-state index contributed by atoms with van der Waals surface area (Å²) in [5.74, 6) is 2.51. The molecule has 0 atom stereocenters. The van der Waals surface area contributed by atoms with E-state index in [-0.39, 0.29) is 0 Å². The summed E-state index contributed by atoms with van der Waals surface area (Å²) in [5.41, 5.74) is 2.53. The van der Waals surface area contributed by atoms with E-state index in [4.69, 9.17) is 6.42 Å². The second kappa shape index (κ2) is 4.51. The van der Waals surface area contributed by atoms with E-state index >= 15 is 0 Å². The van der Waals surface area contributed by atoms with Crippen molar-refractivity contribution in [1.29, 1.82) is 0 Å². The molecule has 0 heterocycles. The van der Waals surface area contributed by atoms with Crippen molar-refractivity contribution in [3.05, 3.63) is 22.8 Å². The summed E-state index contributed by atoms with van der Waals surface area (Å²) < 4.78 is 0. The zero-order valence-corrected chi connectivity index (χ0v) is 7.14. The van der Waals surface area contributed by atoms with Gasteiger partial charge in [-0.2, -0.15) is 0 Å². The van der Waals surface area contributed by atoms with Crippen LogP contribution in [0.3, 0.4) is 0 Å². The quantitative estimate of drug-likeness (QED) is 0.254. The molecule has 0 aliphatic rings. The average Bonchev–Trinajstić information content (AvgIpc) is 2.02. The second-order valence-electron chi connectivity index (χ2n) is 2.46. The van der Waals surface area contributed by atoms with Gasteiger partial charge < -0.3 is 0 Å². The Morgan fingerprint density at radius 3 is 2.27 bits per heavy atom. The number of terminal acetylenes is 1. The fraction of sp³-hybridized carbons (Fsp3) is 0.300. The lowest BCUT2D eigenvalue weighted by atomic mass is 10.1. The molecule has 0 fully saturated rings. The highest BCUT2D eigenvalue weighted by Gasteiger charge is 1.90. The molecule has 0 aromatic rings. The van der Waals surface area contributed by atoms with E-state index in [2.05, 4.69) is 5.92 Å². The molecule has 0 radical (unpaired) electrons. The van der Waals surface area contributed by atoms with Crippen LogP contribution < -0.4 is 0 Å². The third-order valence-electron chi connectivity index (χ3n) is 1.44. The van der Waals surface area contributed by atoms with Crippen molar-refractivity contribution in [3.63, 3.8) is 0 Å². The zero-order chi connectivity index (χ0) is 8.85. The topological polar surface area (TPSA) is 17.1 Å². The largest absolute Gasteiger partial charge is 0.298 e. The lowest BCUT2D eigenvalue weighted by molar-refractivity contribution is -0.104. The molecule has 0 bridgehead atoms. The summed E-state index contributed by atoms with van der Waals surface area (Å²) >= 11 is 0. The minimum atomic E-state index is 0.692. The Hall–Kier alpha value is -1.29. The van der Waals surface area contributed by atoms with E-state index in [0.717, 1.165) is 17.4 Å². The van der Waals surface area contributed by atoms with Gasteiger partial charge in [0.15, 0.2) is 0 Å². The number of hydrogen-bond donors (Lipinski definition) is 0. The smallest absolute Gasteiger partial charge is 0.145 e. The number of carbonyl (C=O) groups excluding carboxylic acids is 1. The number of allylic oxidation sites excluding steroid dienone is 4. The zero-order valence-electron chi connectivity index (χ0n) is 7.14. The normalized spacial score (nSPS) is 13.5. The van der Waals surface area contributed by atoms with Crippen LogP contribution in [0.2, 0.25) is 0 Å². The van der Waals surface area contributed by atoms with Gasteiger partial charge in [-0.15, -0.1) is 6.42 Å². The molecule has 0 rings (SSSR count). The maximum atomic E-state index is 10.2. The predicted molar refractivity (Wildman–Crippen MR) is 47.0 cm³/mol. The van der Waals surface area contributed by atoms with Crippen molar-refractivity contribution < 1.29 is 4.79 Å². The molecular formula is C10H12O. The molecular weight excluding hydrogens is 136 g/mol. The molecule has 0 spiro atoms. The Bertz CT molecular complexity index is 249. The number of aldehydes is 1. The van der Waals surface area contributed by atoms with Gasteiger partial charge in [0.25, 0.3) is 0 Å². The van der Waals surface area contributed by atoms with E-state index in [1.807, 2.05) is 13.8 Å². The Morgan fingerprint density at radius 1 is 1.36 bits per heavy atom. The van der Waals surface area contributed by atoms with Crippen LogP contribution in [0.1, 0.15) is 20.8 Å². The maximum absolute atomic E-state index is 10.2. The number of hydrogen-bond acceptors (Lipinski definition) is 1. The van der Waals surface area contributed by atoms with Crippen LogP contribution in [0.5, 0.6) is 0 Å². The molecule has 0 amide bonds. The highest BCUT2D eigenvalue weighted by molar-refractivity contribution is 5.73. The summed E-state index contributed by atoms with van der Waals surface area (Å²) in [6.07, 6.45) is 7.76. The van der Waals surface area contributed by atoms with Gasteiger partial charge in [-0.25, -0.2) is 0 Å². The molecule has 58 valence electrons. The molecule has 0 N–H and O–H groups in total. The minimum absolute atomic E-state index is 0.692. The Balaban J connectivity index is 4.67. The molecule has 0 aliphatic carbocycles. The molecule has 0 aromatic carbocycles. The van der Waals surface area contributed by atoms with Crippen LogP contribution in [0.4, 0.5) is 0 Å². The van der Waals surface area contributed by atoms with Crippen molar-refractivity contribution in [2.24, 2.45) is 0 Å². The van der Waals surface area contributed by atoms with Gasteiger partial charge in [0.1, 0.15) is 6.29 Å². The molecule has 0 saturated heterocycles. The Labute approximate surface area is 67.8 Å². The number of carbonyl (C=O) groups is 1. The van der Waals surface area contributed by atoms with Crippen LogP contribution in [-0.2, 0) is 4.79 Å². The lowest BCUT2D eigenvalue weighted by Crippen LogP contribution is -1.81. The van der Waals surface area contributed by atoms with Gasteiger partial charge in [0.05, 0.1) is 0 Å². The summed E-state index contributed by atoms with van der Waals surface area (Å²) in [4.78, 5) is 10.2. The van der Waals surface area contributed by atoms with E-state index in [1.165, 1.54) is 0 Å². The van der Waals surface area contributed by atoms with Crippen molar-refractivity contribution in [2.45, 2.75) is 20.8 Å². The molecule has 0 aliphatic heterocycles. The molecule has 0 unspecified atom stereocenters. The van der Waals surface area contributed by atoms with Crippen LogP contribution in [-0.4, -0.2) is 6.29 Å². The molecule has 0 aromatic heterocycles. The van der Waals surface area contributed by atoms with Crippen molar-refractivity contribution in [2.75, 3.05) is 0 Å². The average molecular weight is 148 g/mol. The van der Waals surface area contributed by atoms with Gasteiger partial charge in [0, 0.05) is 5.57 Å². The van der Waals surface area contributed by atoms with E-state index in [0.29, 0.717) is 5.57 Å². The van der Waals surface area contributed by atoms with Crippen molar-refractivity contribution in [1.82, 2.24) is 0 Å². The van der Waals surface area contributed by atoms with E-state index < -0.39 is 0 Å². The summed E-state index contributed by atoms with van der Waals surface area (Å²) in [6, 6.07) is 0. The SMILES string of the molecule is C#C/C(C)=C(C)\C=C(/C)C=O. The fourth-order valence-corrected chi connectivity index (χ4v) is 0.598. The first-order valence-electron chi connectivity index (χ1n) is 3.39. The predicted octanol–water partition coefficient (Wildman–Crippen LogP) is 2.10. The molecule has 11 heavy (non-hydrogen) atoms. The molecule has 1 nitrogen and oxygen atoms in total. The molecule has 0 saturated carbocycles. The van der Waals surface area contributed by atoms with Gasteiger partial charge in [-0.3, -0.25) is 4.79 Å². The van der Waals surface area contributed by atoms with Crippen LogP contribution in [0.25, 0.3) is 0 Å². The van der Waals surface area contributed by atoms with Gasteiger partial charge in [-0.1, -0.05) is 12.0 Å². The maximum Gasteiger partial charge on any atom is 0.145 e. The third-order valence-corrected chi connectivity index (χ3v) is 1.44. The van der Waals surface area contributed by atoms with Crippen molar-refractivity contribution >= 4 is 6.29 Å². The molecule has 1 heteroatoms. The Kier molecular flexibility index (Phi) is 3.98. The second-order valence-corrected chi connectivity index (χ2v) is 2.46. The first-order valence-corrected chi connectivity index (χ1v) is 3.39. The first-order chi connectivity index (χ1) is 5.11. The first kappa shape index (κ1) is 9.71. The highest BCUT2D eigenvalue weighted by atomic mass is 16.1. The van der Waals surface area contributed by atoms with Gasteiger partial charge in [-0.05, 0) is 31.9 Å². The third kappa shape index (κ3) is 3.42. The Morgan fingerprint density at radius 2 is 1.91 bits per heavy atom.